The third kappa shape index (κ3) is 5.55. The highest BCUT2D eigenvalue weighted by atomic mass is 32.2. The van der Waals surface area contributed by atoms with Gasteiger partial charge in [-0.15, -0.1) is 0 Å². The fourth-order valence-corrected chi connectivity index (χ4v) is 3.78. The summed E-state index contributed by atoms with van der Waals surface area (Å²) in [5.74, 6) is 0.766. The second-order valence-electron chi connectivity index (χ2n) is 5.27. The average molecular weight is 378 g/mol. The van der Waals surface area contributed by atoms with Crippen LogP contribution in [0.2, 0.25) is 0 Å². The predicted molar refractivity (Wildman–Crippen MR) is 114 cm³/mol. The van der Waals surface area contributed by atoms with E-state index in [9.17, 15) is 0 Å². The van der Waals surface area contributed by atoms with Gasteiger partial charge in [-0.3, -0.25) is 0 Å². The van der Waals surface area contributed by atoms with Crippen LogP contribution < -0.4 is 4.74 Å². The molecule has 0 radical (unpaired) electrons. The standard InChI is InChI=1S/C22H19NOS2/c1-24-21-15-9-8-14-20(21)23-22(26-19-12-6-3-7-13-19)16-17-25-18-10-4-2-5-11-18/h2-17H,1H3. The van der Waals surface area contributed by atoms with E-state index < -0.39 is 0 Å². The normalized spacial score (nSPS) is 11.7. The molecular weight excluding hydrogens is 358 g/mol. The van der Waals surface area contributed by atoms with Crippen LogP contribution in [0.3, 0.4) is 0 Å². The Labute approximate surface area is 163 Å². The largest absolute Gasteiger partial charge is 0.494 e. The molecule has 0 fully saturated rings. The first-order valence-corrected chi connectivity index (χ1v) is 9.87. The van der Waals surface area contributed by atoms with Gasteiger partial charge in [-0.05, 0) is 47.9 Å². The molecule has 0 atom stereocenters. The van der Waals surface area contributed by atoms with E-state index in [1.54, 1.807) is 30.6 Å². The molecule has 3 aromatic rings. The molecule has 0 heterocycles. The van der Waals surface area contributed by atoms with E-state index in [1.807, 2.05) is 66.7 Å². The molecule has 26 heavy (non-hydrogen) atoms. The number of rotatable bonds is 6. The van der Waals surface area contributed by atoms with E-state index in [0.29, 0.717) is 0 Å². The van der Waals surface area contributed by atoms with Crippen LogP contribution in [-0.4, -0.2) is 12.2 Å². The Balaban J connectivity index is 1.84. The SMILES string of the molecule is COc1ccccc1N=C(C=CSc1ccccc1)Sc1ccccc1. The van der Waals surface area contributed by atoms with Crippen LogP contribution in [0.5, 0.6) is 5.75 Å². The van der Waals surface area contributed by atoms with Gasteiger partial charge in [-0.1, -0.05) is 72.1 Å². The fourth-order valence-electron chi connectivity index (χ4n) is 2.21. The van der Waals surface area contributed by atoms with Crippen molar-refractivity contribution < 1.29 is 4.74 Å². The Morgan fingerprint density at radius 3 is 2.12 bits per heavy atom. The van der Waals surface area contributed by atoms with Crippen molar-refractivity contribution >= 4 is 34.3 Å². The van der Waals surface area contributed by atoms with Gasteiger partial charge in [0.2, 0.25) is 0 Å². The van der Waals surface area contributed by atoms with Crippen LogP contribution in [-0.2, 0) is 0 Å². The lowest BCUT2D eigenvalue weighted by Crippen LogP contribution is -1.88. The molecule has 0 aliphatic rings. The lowest BCUT2D eigenvalue weighted by molar-refractivity contribution is 0.416. The predicted octanol–water partition coefficient (Wildman–Crippen LogP) is 6.82. The Morgan fingerprint density at radius 2 is 1.42 bits per heavy atom. The first-order chi connectivity index (χ1) is 12.8. The molecule has 0 spiro atoms. The molecule has 0 saturated heterocycles. The van der Waals surface area contributed by atoms with E-state index in [0.717, 1.165) is 21.4 Å². The van der Waals surface area contributed by atoms with E-state index in [1.165, 1.54) is 4.90 Å². The van der Waals surface area contributed by atoms with Crippen LogP contribution in [0.15, 0.2) is 111 Å². The van der Waals surface area contributed by atoms with E-state index in [-0.39, 0.29) is 0 Å². The van der Waals surface area contributed by atoms with Crippen molar-refractivity contribution in [3.63, 3.8) is 0 Å². The molecule has 4 heteroatoms. The van der Waals surface area contributed by atoms with E-state index >= 15 is 0 Å². The van der Waals surface area contributed by atoms with Crippen LogP contribution in [0.25, 0.3) is 0 Å². The van der Waals surface area contributed by atoms with Gasteiger partial charge in [0.05, 0.1) is 7.11 Å². The monoisotopic (exact) mass is 377 g/mol. The summed E-state index contributed by atoms with van der Waals surface area (Å²) >= 11 is 3.31. The van der Waals surface area contributed by atoms with Crippen LogP contribution in [0, 0.1) is 0 Å². The highest BCUT2D eigenvalue weighted by Gasteiger charge is 2.04. The third-order valence-corrected chi connectivity index (χ3v) is 5.20. The first kappa shape index (κ1) is 18.4. The smallest absolute Gasteiger partial charge is 0.144 e. The summed E-state index contributed by atoms with van der Waals surface area (Å²) < 4.78 is 5.42. The molecule has 0 saturated carbocycles. The first-order valence-electron chi connectivity index (χ1n) is 8.18. The molecule has 0 aromatic heterocycles. The van der Waals surface area contributed by atoms with Gasteiger partial charge in [-0.2, -0.15) is 0 Å². The van der Waals surface area contributed by atoms with Crippen molar-refractivity contribution in [2.75, 3.05) is 7.11 Å². The van der Waals surface area contributed by atoms with Crippen molar-refractivity contribution in [1.29, 1.82) is 0 Å². The number of aliphatic imine (C=N–C) groups is 1. The molecular formula is C22H19NOS2. The van der Waals surface area contributed by atoms with E-state index in [4.69, 9.17) is 9.73 Å². The van der Waals surface area contributed by atoms with Gasteiger partial charge in [0.25, 0.3) is 0 Å². The zero-order valence-corrected chi connectivity index (χ0v) is 16.0. The van der Waals surface area contributed by atoms with Gasteiger partial charge < -0.3 is 4.74 Å². The minimum Gasteiger partial charge on any atom is -0.494 e. The lowest BCUT2D eigenvalue weighted by Gasteiger charge is -2.06. The summed E-state index contributed by atoms with van der Waals surface area (Å²) in [5.41, 5.74) is 0.822. The fraction of sp³-hybridized carbons (Fsp3) is 0.0455. The zero-order chi connectivity index (χ0) is 18.0. The van der Waals surface area contributed by atoms with Crippen molar-refractivity contribution in [2.24, 2.45) is 4.99 Å². The Morgan fingerprint density at radius 1 is 0.808 bits per heavy atom. The van der Waals surface area contributed by atoms with Gasteiger partial charge in [0.15, 0.2) is 0 Å². The van der Waals surface area contributed by atoms with Crippen LogP contribution in [0.1, 0.15) is 0 Å². The van der Waals surface area contributed by atoms with Crippen LogP contribution >= 0.6 is 23.5 Å². The van der Waals surface area contributed by atoms with E-state index in [2.05, 4.69) is 29.7 Å². The maximum atomic E-state index is 5.42. The number of methoxy groups -OCH3 is 1. The summed E-state index contributed by atoms with van der Waals surface area (Å²) in [6.45, 7) is 0. The highest BCUT2D eigenvalue weighted by molar-refractivity contribution is 8.14. The molecule has 0 amide bonds. The molecule has 0 unspecified atom stereocenters. The van der Waals surface area contributed by atoms with Gasteiger partial charge >= 0.3 is 0 Å². The molecule has 0 N–H and O–H groups in total. The van der Waals surface area contributed by atoms with Gasteiger partial charge in [0, 0.05) is 9.79 Å². The lowest BCUT2D eigenvalue weighted by atomic mass is 10.3. The Kier molecular flexibility index (Phi) is 6.99. The highest BCUT2D eigenvalue weighted by Crippen LogP contribution is 2.30. The average Bonchev–Trinajstić information content (AvgIpc) is 2.70. The van der Waals surface area contributed by atoms with Crippen LogP contribution in [0.4, 0.5) is 5.69 Å². The topological polar surface area (TPSA) is 21.6 Å². The molecule has 0 aliphatic heterocycles. The number of hydrogen-bond acceptors (Lipinski definition) is 4. The molecule has 130 valence electrons. The molecule has 0 bridgehead atoms. The van der Waals surface area contributed by atoms with Gasteiger partial charge in [0.1, 0.15) is 16.5 Å². The van der Waals surface area contributed by atoms with Gasteiger partial charge in [-0.25, -0.2) is 4.99 Å². The number of benzene rings is 3. The minimum absolute atomic E-state index is 0.766. The summed E-state index contributed by atoms with van der Waals surface area (Å²) in [6, 6.07) is 28.3. The molecule has 3 aromatic carbocycles. The summed E-state index contributed by atoms with van der Waals surface area (Å²) in [7, 11) is 1.67. The summed E-state index contributed by atoms with van der Waals surface area (Å²) in [4.78, 5) is 7.16. The molecule has 0 aliphatic carbocycles. The van der Waals surface area contributed by atoms with Crippen molar-refractivity contribution in [2.45, 2.75) is 9.79 Å². The molecule has 2 nitrogen and oxygen atoms in total. The third-order valence-electron chi connectivity index (χ3n) is 3.44. The zero-order valence-electron chi connectivity index (χ0n) is 14.4. The summed E-state index contributed by atoms with van der Waals surface area (Å²) in [5, 5.41) is 2.98. The Hall–Kier alpha value is -2.43. The summed E-state index contributed by atoms with van der Waals surface area (Å²) in [6.07, 6.45) is 2.04. The number of para-hydroxylation sites is 2. The van der Waals surface area contributed by atoms with Crippen molar-refractivity contribution in [1.82, 2.24) is 0 Å². The number of nitrogens with zero attached hydrogens (tertiary/aromatic N) is 1. The number of hydrogen-bond donors (Lipinski definition) is 0. The maximum Gasteiger partial charge on any atom is 0.144 e. The quantitative estimate of drug-likeness (QED) is 0.267. The Bertz CT molecular complexity index is 877. The van der Waals surface area contributed by atoms with Crippen molar-refractivity contribution in [3.8, 4) is 5.75 Å². The number of ether oxygens (including phenoxy) is 1. The maximum absolute atomic E-state index is 5.42. The molecule has 3 rings (SSSR count). The number of thioether (sulfide) groups is 2. The second kappa shape index (κ2) is 9.90. The van der Waals surface area contributed by atoms with Crippen molar-refractivity contribution in [3.05, 3.63) is 96.4 Å². The second-order valence-corrected chi connectivity index (χ2v) is 7.34. The minimum atomic E-state index is 0.766.